The molecule has 1 nitrogen and oxygen atoms in total. The number of aryl methyl sites for hydroxylation is 1. The lowest BCUT2D eigenvalue weighted by Gasteiger charge is -1.96. The molecule has 0 N–H and O–H groups in total. The Morgan fingerprint density at radius 3 is 2.70 bits per heavy atom. The first-order chi connectivity index (χ1) is 4.34. The van der Waals surface area contributed by atoms with Gasteiger partial charge >= 0.3 is 0 Å². The van der Waals surface area contributed by atoms with Gasteiger partial charge in [-0.3, -0.25) is 4.98 Å². The first-order valence-corrected chi connectivity index (χ1v) is 3.34. The van der Waals surface area contributed by atoms with E-state index in [2.05, 4.69) is 4.98 Å². The molecule has 1 aromatic heterocycles. The minimum atomic E-state index is 0. The van der Waals surface area contributed by atoms with Gasteiger partial charge in [0.25, 0.3) is 0 Å². The van der Waals surface area contributed by atoms with Crippen molar-refractivity contribution in [3.63, 3.8) is 0 Å². The normalized spacial score (nSPS) is 8.60. The van der Waals surface area contributed by atoms with E-state index in [1.54, 1.807) is 6.20 Å². The fraction of sp³-hybridized carbons (Fsp3) is 0.286. The van der Waals surface area contributed by atoms with E-state index in [0.717, 1.165) is 11.3 Å². The Morgan fingerprint density at radius 1 is 1.60 bits per heavy atom. The number of nitrogens with zero attached hydrogens (tertiary/aromatic N) is 1. The molecule has 1 heterocycles. The third-order valence-corrected chi connectivity index (χ3v) is 1.55. The van der Waals surface area contributed by atoms with Crippen LogP contribution < -0.4 is 0 Å². The molecule has 0 fully saturated rings. The van der Waals surface area contributed by atoms with Crippen molar-refractivity contribution in [2.45, 2.75) is 12.8 Å². The standard InChI is InChI=1S/C7H8ClN.ClH/c1-6-7(5-8)3-2-4-9-6;/h2-4H,5H2,1H3;1H. The molecule has 56 valence electrons. The number of halogens is 2. The van der Waals surface area contributed by atoms with Crippen molar-refractivity contribution in [1.82, 2.24) is 4.98 Å². The van der Waals surface area contributed by atoms with Crippen molar-refractivity contribution >= 4 is 24.0 Å². The molecule has 1 rings (SSSR count). The van der Waals surface area contributed by atoms with Gasteiger partial charge in [0.1, 0.15) is 0 Å². The molecule has 0 saturated carbocycles. The monoisotopic (exact) mass is 177 g/mol. The van der Waals surface area contributed by atoms with E-state index < -0.39 is 0 Å². The maximum atomic E-state index is 5.59. The van der Waals surface area contributed by atoms with Gasteiger partial charge in [-0.1, -0.05) is 6.07 Å². The topological polar surface area (TPSA) is 12.9 Å². The summed E-state index contributed by atoms with van der Waals surface area (Å²) in [6.07, 6.45) is 1.77. The second kappa shape index (κ2) is 4.53. The summed E-state index contributed by atoms with van der Waals surface area (Å²) in [5.41, 5.74) is 2.13. The third kappa shape index (κ3) is 2.16. The van der Waals surface area contributed by atoms with Crippen LogP contribution in [0.3, 0.4) is 0 Å². The van der Waals surface area contributed by atoms with E-state index in [9.17, 15) is 0 Å². The number of alkyl halides is 1. The Hall–Kier alpha value is -0.270. The molecule has 0 amide bonds. The summed E-state index contributed by atoms with van der Waals surface area (Å²) in [5, 5.41) is 0. The molecule has 0 aliphatic heterocycles. The summed E-state index contributed by atoms with van der Waals surface area (Å²) in [6.45, 7) is 1.96. The van der Waals surface area contributed by atoms with Gasteiger partial charge in [-0.2, -0.15) is 0 Å². The van der Waals surface area contributed by atoms with Crippen LogP contribution in [0.25, 0.3) is 0 Å². The smallest absolute Gasteiger partial charge is 0.0491 e. The number of aromatic nitrogens is 1. The summed E-state index contributed by atoms with van der Waals surface area (Å²) < 4.78 is 0. The van der Waals surface area contributed by atoms with E-state index >= 15 is 0 Å². The fourth-order valence-corrected chi connectivity index (χ4v) is 0.941. The second-order valence-corrected chi connectivity index (χ2v) is 2.15. The van der Waals surface area contributed by atoms with Crippen molar-refractivity contribution < 1.29 is 0 Å². The van der Waals surface area contributed by atoms with E-state index in [1.807, 2.05) is 19.1 Å². The van der Waals surface area contributed by atoms with Gasteiger partial charge in [0.2, 0.25) is 0 Å². The molecule has 3 heteroatoms. The number of pyridine rings is 1. The minimum Gasteiger partial charge on any atom is -0.261 e. The molecule has 10 heavy (non-hydrogen) atoms. The van der Waals surface area contributed by atoms with Crippen molar-refractivity contribution in [3.05, 3.63) is 29.6 Å². The molecule has 0 aromatic carbocycles. The predicted molar refractivity (Wildman–Crippen MR) is 45.8 cm³/mol. The van der Waals surface area contributed by atoms with Crippen LogP contribution in [0.15, 0.2) is 18.3 Å². The molecular weight excluding hydrogens is 169 g/mol. The van der Waals surface area contributed by atoms with Gasteiger partial charge in [0, 0.05) is 17.8 Å². The molecule has 0 aliphatic carbocycles. The van der Waals surface area contributed by atoms with Gasteiger partial charge in [0.05, 0.1) is 0 Å². The largest absolute Gasteiger partial charge is 0.261 e. The van der Waals surface area contributed by atoms with Crippen LogP contribution in [0, 0.1) is 6.92 Å². The molecular formula is C7H9Cl2N. The summed E-state index contributed by atoms with van der Waals surface area (Å²) in [4.78, 5) is 4.07. The van der Waals surface area contributed by atoms with Crippen molar-refractivity contribution in [1.29, 1.82) is 0 Å². The first kappa shape index (κ1) is 9.73. The maximum Gasteiger partial charge on any atom is 0.0491 e. The second-order valence-electron chi connectivity index (χ2n) is 1.88. The lowest BCUT2D eigenvalue weighted by molar-refractivity contribution is 1.14. The number of rotatable bonds is 1. The Labute approximate surface area is 71.8 Å². The van der Waals surface area contributed by atoms with Crippen molar-refractivity contribution in [3.8, 4) is 0 Å². The summed E-state index contributed by atoms with van der Waals surface area (Å²) in [5.74, 6) is 0.555. The molecule has 0 spiro atoms. The zero-order valence-corrected chi connectivity index (χ0v) is 7.25. The van der Waals surface area contributed by atoms with E-state index in [-0.39, 0.29) is 12.4 Å². The van der Waals surface area contributed by atoms with Crippen LogP contribution in [-0.2, 0) is 5.88 Å². The van der Waals surface area contributed by atoms with E-state index in [4.69, 9.17) is 11.6 Å². The van der Waals surface area contributed by atoms with Crippen molar-refractivity contribution in [2.24, 2.45) is 0 Å². The molecule has 0 bridgehead atoms. The lowest BCUT2D eigenvalue weighted by Crippen LogP contribution is -1.86. The van der Waals surface area contributed by atoms with Crippen LogP contribution >= 0.6 is 24.0 Å². The van der Waals surface area contributed by atoms with Gasteiger partial charge in [0.15, 0.2) is 0 Å². The number of hydrogen-bond acceptors (Lipinski definition) is 1. The van der Waals surface area contributed by atoms with Gasteiger partial charge in [-0.15, -0.1) is 24.0 Å². The highest BCUT2D eigenvalue weighted by molar-refractivity contribution is 6.17. The van der Waals surface area contributed by atoms with Crippen LogP contribution in [0.4, 0.5) is 0 Å². The molecule has 0 unspecified atom stereocenters. The zero-order chi connectivity index (χ0) is 6.69. The molecule has 1 aromatic rings. The molecule has 0 radical (unpaired) electrons. The average Bonchev–Trinajstić information content (AvgIpc) is 1.89. The predicted octanol–water partition coefficient (Wildman–Crippen LogP) is 2.55. The molecule has 0 atom stereocenters. The van der Waals surface area contributed by atoms with E-state index in [1.165, 1.54) is 0 Å². The minimum absolute atomic E-state index is 0. The van der Waals surface area contributed by atoms with Crippen LogP contribution in [-0.4, -0.2) is 4.98 Å². The SMILES string of the molecule is Cc1ncccc1CCl.Cl. The average molecular weight is 178 g/mol. The summed E-state index contributed by atoms with van der Waals surface area (Å²) in [6, 6.07) is 3.88. The third-order valence-electron chi connectivity index (χ3n) is 1.26. The molecule has 0 aliphatic rings. The van der Waals surface area contributed by atoms with Crippen LogP contribution in [0.2, 0.25) is 0 Å². The summed E-state index contributed by atoms with van der Waals surface area (Å²) in [7, 11) is 0. The highest BCUT2D eigenvalue weighted by Gasteiger charge is 1.92. The lowest BCUT2D eigenvalue weighted by atomic mass is 10.2. The number of hydrogen-bond donors (Lipinski definition) is 0. The van der Waals surface area contributed by atoms with E-state index in [0.29, 0.717) is 5.88 Å². The van der Waals surface area contributed by atoms with Gasteiger partial charge < -0.3 is 0 Å². The quantitative estimate of drug-likeness (QED) is 0.602. The zero-order valence-electron chi connectivity index (χ0n) is 5.67. The highest BCUT2D eigenvalue weighted by Crippen LogP contribution is 2.05. The maximum absolute atomic E-state index is 5.59. The van der Waals surface area contributed by atoms with Crippen molar-refractivity contribution in [2.75, 3.05) is 0 Å². The molecule has 0 saturated heterocycles. The van der Waals surface area contributed by atoms with Crippen LogP contribution in [0.1, 0.15) is 11.3 Å². The van der Waals surface area contributed by atoms with Gasteiger partial charge in [-0.25, -0.2) is 0 Å². The fourth-order valence-electron chi connectivity index (χ4n) is 0.659. The first-order valence-electron chi connectivity index (χ1n) is 2.81. The highest BCUT2D eigenvalue weighted by atomic mass is 35.5. The Bertz CT molecular complexity index is 201. The summed E-state index contributed by atoms with van der Waals surface area (Å²) >= 11 is 5.59. The Morgan fingerprint density at radius 2 is 2.30 bits per heavy atom. The van der Waals surface area contributed by atoms with Crippen LogP contribution in [0.5, 0.6) is 0 Å². The van der Waals surface area contributed by atoms with Gasteiger partial charge in [-0.05, 0) is 18.6 Å². The Kier molecular flexibility index (Phi) is 4.41. The Balaban J connectivity index is 0.000000810.